The number of carbonyl (C=O) groups excluding carboxylic acids is 1. The number of hydrogen-bond donors (Lipinski definition) is 2. The van der Waals surface area contributed by atoms with Gasteiger partial charge in [-0.05, 0) is 49.6 Å². The molecule has 1 amide bonds. The molecule has 0 radical (unpaired) electrons. The Labute approximate surface area is 135 Å². The molecule has 0 aliphatic heterocycles. The van der Waals surface area contributed by atoms with E-state index in [4.69, 9.17) is 4.74 Å². The number of nitrogens with one attached hydrogen (secondary N) is 1. The Morgan fingerprint density at radius 2 is 1.78 bits per heavy atom. The van der Waals surface area contributed by atoms with Crippen LogP contribution >= 0.6 is 0 Å². The third-order valence-corrected chi connectivity index (χ3v) is 3.36. The molecule has 0 spiro atoms. The second-order valence-corrected chi connectivity index (χ2v) is 6.43. The van der Waals surface area contributed by atoms with Crippen molar-refractivity contribution in [3.8, 4) is 0 Å². The number of fused-ring (bicyclic) bond motifs is 1. The summed E-state index contributed by atoms with van der Waals surface area (Å²) in [6.07, 6.45) is -0.499. The maximum absolute atomic E-state index is 11.8. The number of hydrogen-bond acceptors (Lipinski definition) is 3. The van der Waals surface area contributed by atoms with Crippen molar-refractivity contribution in [2.75, 3.05) is 0 Å². The molecule has 2 aromatic rings. The molecule has 122 valence electrons. The Kier molecular flexibility index (Phi) is 4.59. The highest BCUT2D eigenvalue weighted by Crippen LogP contribution is 2.26. The minimum Gasteiger partial charge on any atom is -0.478 e. The van der Waals surface area contributed by atoms with Gasteiger partial charge in [-0.1, -0.05) is 30.3 Å². The predicted molar refractivity (Wildman–Crippen MR) is 88.7 cm³/mol. The zero-order valence-electron chi connectivity index (χ0n) is 13.8. The van der Waals surface area contributed by atoms with Crippen molar-refractivity contribution >= 4 is 22.8 Å². The molecule has 0 saturated heterocycles. The van der Waals surface area contributed by atoms with Gasteiger partial charge >= 0.3 is 12.1 Å². The molecule has 0 bridgehead atoms. The lowest BCUT2D eigenvalue weighted by Crippen LogP contribution is -2.32. The van der Waals surface area contributed by atoms with Gasteiger partial charge in [-0.2, -0.15) is 0 Å². The molecule has 0 aromatic heterocycles. The Bertz CT molecular complexity index is 759. The van der Waals surface area contributed by atoms with Crippen LogP contribution in [0.25, 0.3) is 10.8 Å². The summed E-state index contributed by atoms with van der Waals surface area (Å²) in [5.41, 5.74) is 1.25. The summed E-state index contributed by atoms with van der Waals surface area (Å²) in [6, 6.07) is 9.08. The molecular weight excluding hydrogens is 294 g/mol. The minimum absolute atomic E-state index is 0.274. The lowest BCUT2D eigenvalue weighted by atomic mass is 9.95. The zero-order chi connectivity index (χ0) is 17.2. The van der Waals surface area contributed by atoms with Crippen LogP contribution in [0.5, 0.6) is 0 Å². The van der Waals surface area contributed by atoms with E-state index in [1.165, 1.54) is 0 Å². The quantitative estimate of drug-likeness (QED) is 0.901. The number of aromatic carboxylic acids is 1. The third-order valence-electron chi connectivity index (χ3n) is 3.36. The average Bonchev–Trinajstić information content (AvgIpc) is 2.42. The number of carbonyl (C=O) groups is 2. The molecule has 2 N–H and O–H groups in total. The van der Waals surface area contributed by atoms with Gasteiger partial charge in [-0.3, -0.25) is 0 Å². The maximum atomic E-state index is 11.8. The smallest absolute Gasteiger partial charge is 0.407 e. The van der Waals surface area contributed by atoms with Crippen LogP contribution in [0, 0.1) is 6.92 Å². The van der Waals surface area contributed by atoms with E-state index < -0.39 is 17.7 Å². The molecule has 5 nitrogen and oxygen atoms in total. The van der Waals surface area contributed by atoms with Gasteiger partial charge < -0.3 is 15.2 Å². The Morgan fingerprint density at radius 1 is 1.17 bits per heavy atom. The number of alkyl carbamates (subject to hydrolysis) is 1. The van der Waals surface area contributed by atoms with E-state index in [1.807, 2.05) is 12.1 Å². The molecule has 0 fully saturated rings. The van der Waals surface area contributed by atoms with Crippen LogP contribution in [0.4, 0.5) is 4.79 Å². The predicted octanol–water partition coefficient (Wildman–Crippen LogP) is 3.87. The van der Waals surface area contributed by atoms with Crippen LogP contribution in [-0.2, 0) is 11.3 Å². The monoisotopic (exact) mass is 315 g/mol. The summed E-state index contributed by atoms with van der Waals surface area (Å²) >= 11 is 0. The molecule has 2 rings (SSSR count). The van der Waals surface area contributed by atoms with Gasteiger partial charge in [0.2, 0.25) is 0 Å². The number of ether oxygens (including phenoxy) is 1. The van der Waals surface area contributed by atoms with Crippen molar-refractivity contribution in [2.24, 2.45) is 0 Å². The van der Waals surface area contributed by atoms with Crippen LogP contribution in [0.2, 0.25) is 0 Å². The van der Waals surface area contributed by atoms with Crippen LogP contribution in [0.3, 0.4) is 0 Å². The maximum Gasteiger partial charge on any atom is 0.407 e. The molecule has 5 heteroatoms. The molecule has 2 aromatic carbocycles. The SMILES string of the molecule is Cc1cc(CNC(=O)OC(C)(C)C)c2ccccc2c1C(=O)O. The molecule has 0 aliphatic carbocycles. The number of amides is 1. The topological polar surface area (TPSA) is 75.6 Å². The Balaban J connectivity index is 2.34. The van der Waals surface area contributed by atoms with E-state index in [0.29, 0.717) is 16.5 Å². The van der Waals surface area contributed by atoms with E-state index in [-0.39, 0.29) is 6.54 Å². The summed E-state index contributed by atoms with van der Waals surface area (Å²) in [6.45, 7) is 7.43. The van der Waals surface area contributed by atoms with Crippen molar-refractivity contribution in [3.05, 3.63) is 47.0 Å². The highest BCUT2D eigenvalue weighted by atomic mass is 16.6. The van der Waals surface area contributed by atoms with E-state index in [1.54, 1.807) is 45.9 Å². The van der Waals surface area contributed by atoms with Crippen LogP contribution < -0.4 is 5.32 Å². The molecule has 23 heavy (non-hydrogen) atoms. The standard InChI is InChI=1S/C18H21NO4/c1-11-9-12(10-19-17(22)23-18(2,3)4)13-7-5-6-8-14(13)15(11)16(20)21/h5-9H,10H2,1-4H3,(H,19,22)(H,20,21). The molecule has 0 aliphatic rings. The van der Waals surface area contributed by atoms with Crippen LogP contribution in [0.15, 0.2) is 30.3 Å². The minimum atomic E-state index is -0.953. The normalized spacial score (nSPS) is 11.3. The van der Waals surface area contributed by atoms with Crippen molar-refractivity contribution in [1.29, 1.82) is 0 Å². The fraction of sp³-hybridized carbons (Fsp3) is 0.333. The van der Waals surface area contributed by atoms with Crippen molar-refractivity contribution in [1.82, 2.24) is 5.32 Å². The largest absolute Gasteiger partial charge is 0.478 e. The van der Waals surface area contributed by atoms with Crippen LogP contribution in [0.1, 0.15) is 42.3 Å². The summed E-state index contributed by atoms with van der Waals surface area (Å²) in [5, 5.41) is 13.6. The first-order valence-corrected chi connectivity index (χ1v) is 7.40. The molecule has 0 atom stereocenters. The summed E-state index contributed by atoms with van der Waals surface area (Å²) in [4.78, 5) is 23.3. The van der Waals surface area contributed by atoms with Crippen LogP contribution in [-0.4, -0.2) is 22.8 Å². The third kappa shape index (κ3) is 4.00. The van der Waals surface area contributed by atoms with E-state index in [2.05, 4.69) is 5.32 Å². The second-order valence-electron chi connectivity index (χ2n) is 6.43. The van der Waals surface area contributed by atoms with Crippen molar-refractivity contribution < 1.29 is 19.4 Å². The fourth-order valence-electron chi connectivity index (χ4n) is 2.52. The molecule has 0 saturated carbocycles. The zero-order valence-corrected chi connectivity index (χ0v) is 13.8. The first kappa shape index (κ1) is 16.8. The molecule has 0 heterocycles. The number of carboxylic acids is 1. The molecule has 0 unspecified atom stereocenters. The highest BCUT2D eigenvalue weighted by Gasteiger charge is 2.18. The Hall–Kier alpha value is -2.56. The van der Waals surface area contributed by atoms with Gasteiger partial charge in [0.1, 0.15) is 5.60 Å². The van der Waals surface area contributed by atoms with Crippen molar-refractivity contribution in [3.63, 3.8) is 0 Å². The van der Waals surface area contributed by atoms with Gasteiger partial charge in [0.15, 0.2) is 0 Å². The van der Waals surface area contributed by atoms with E-state index in [0.717, 1.165) is 10.9 Å². The lowest BCUT2D eigenvalue weighted by Gasteiger charge is -2.20. The summed E-state index contributed by atoms with van der Waals surface area (Å²) in [7, 11) is 0. The second kappa shape index (κ2) is 6.28. The van der Waals surface area contributed by atoms with Crippen molar-refractivity contribution in [2.45, 2.75) is 39.8 Å². The number of rotatable bonds is 3. The van der Waals surface area contributed by atoms with Gasteiger partial charge in [-0.15, -0.1) is 0 Å². The highest BCUT2D eigenvalue weighted by molar-refractivity contribution is 6.06. The average molecular weight is 315 g/mol. The number of carboxylic acid groups (broad SMARTS) is 1. The Morgan fingerprint density at radius 3 is 2.35 bits per heavy atom. The summed E-state index contributed by atoms with van der Waals surface area (Å²) < 4.78 is 5.22. The first-order valence-electron chi connectivity index (χ1n) is 7.40. The molecular formula is C18H21NO4. The van der Waals surface area contributed by atoms with Gasteiger partial charge in [0.05, 0.1) is 5.56 Å². The number of aryl methyl sites for hydroxylation is 1. The number of benzene rings is 2. The lowest BCUT2D eigenvalue weighted by molar-refractivity contribution is 0.0523. The van der Waals surface area contributed by atoms with E-state index >= 15 is 0 Å². The van der Waals surface area contributed by atoms with Gasteiger partial charge in [0.25, 0.3) is 0 Å². The van der Waals surface area contributed by atoms with E-state index in [9.17, 15) is 14.7 Å². The summed E-state index contributed by atoms with van der Waals surface area (Å²) in [5.74, 6) is -0.953. The fourth-order valence-corrected chi connectivity index (χ4v) is 2.52. The first-order chi connectivity index (χ1) is 10.7. The van der Waals surface area contributed by atoms with Gasteiger partial charge in [0, 0.05) is 6.54 Å². The van der Waals surface area contributed by atoms with Gasteiger partial charge in [-0.25, -0.2) is 9.59 Å².